The summed E-state index contributed by atoms with van der Waals surface area (Å²) in [5, 5.41) is 18.1. The summed E-state index contributed by atoms with van der Waals surface area (Å²) in [6.07, 6.45) is 4.47. The van der Waals surface area contributed by atoms with E-state index in [9.17, 15) is 9.59 Å². The quantitative estimate of drug-likeness (QED) is 0.522. The number of carbonyl (C=O) groups excluding carboxylic acids is 2. The highest BCUT2D eigenvalue weighted by atomic mass is 16.5. The summed E-state index contributed by atoms with van der Waals surface area (Å²) in [6, 6.07) is 6.50. The van der Waals surface area contributed by atoms with Crippen LogP contribution in [0.1, 0.15) is 36.4 Å². The van der Waals surface area contributed by atoms with Crippen molar-refractivity contribution in [2.24, 2.45) is 0 Å². The second-order valence-electron chi connectivity index (χ2n) is 5.38. The van der Waals surface area contributed by atoms with E-state index < -0.39 is 5.97 Å². The fourth-order valence-electron chi connectivity index (χ4n) is 2.16. The minimum Gasteiger partial charge on any atom is -0.466 e. The van der Waals surface area contributed by atoms with E-state index in [1.165, 1.54) is 25.2 Å². The maximum absolute atomic E-state index is 12.2. The van der Waals surface area contributed by atoms with Gasteiger partial charge in [-0.15, -0.1) is 0 Å². The first-order valence-electron chi connectivity index (χ1n) is 7.97. The molecule has 0 bridgehead atoms. The molecule has 0 aliphatic heterocycles. The van der Waals surface area contributed by atoms with Gasteiger partial charge >= 0.3 is 5.97 Å². The molecule has 7 nitrogen and oxygen atoms in total. The molecule has 0 aliphatic rings. The van der Waals surface area contributed by atoms with Crippen molar-refractivity contribution in [3.05, 3.63) is 59.5 Å². The molecule has 138 valence electrons. The van der Waals surface area contributed by atoms with Crippen LogP contribution in [0, 0.1) is 0 Å². The Labute approximate surface area is 150 Å². The van der Waals surface area contributed by atoms with Crippen LogP contribution in [0.15, 0.2) is 45.3 Å². The van der Waals surface area contributed by atoms with Crippen LogP contribution in [0.25, 0.3) is 11.6 Å². The molecule has 2 heterocycles. The summed E-state index contributed by atoms with van der Waals surface area (Å²) in [7, 11) is 0. The number of ketones is 1. The summed E-state index contributed by atoms with van der Waals surface area (Å²) >= 11 is 0. The van der Waals surface area contributed by atoms with Crippen molar-refractivity contribution in [3.63, 3.8) is 0 Å². The molecule has 7 heteroatoms. The lowest BCUT2D eigenvalue weighted by molar-refractivity contribution is -0.140. The van der Waals surface area contributed by atoms with Gasteiger partial charge in [-0.3, -0.25) is 9.59 Å². The molecular weight excluding hydrogens is 340 g/mol. The molecule has 0 aromatic carbocycles. The van der Waals surface area contributed by atoms with Crippen LogP contribution in [0.3, 0.4) is 0 Å². The largest absolute Gasteiger partial charge is 0.466 e. The van der Waals surface area contributed by atoms with Crippen LogP contribution >= 0.6 is 0 Å². The number of esters is 1. The number of carbonyl (C=O) groups is 2. The van der Waals surface area contributed by atoms with Crippen molar-refractivity contribution < 1.29 is 33.4 Å². The maximum atomic E-state index is 12.2. The third kappa shape index (κ3) is 5.87. The first-order valence-corrected chi connectivity index (χ1v) is 7.97. The van der Waals surface area contributed by atoms with Crippen LogP contribution in [-0.2, 0) is 27.5 Å². The number of furan rings is 2. The molecule has 0 amide bonds. The minimum absolute atomic E-state index is 0.103. The van der Waals surface area contributed by atoms with Crippen molar-refractivity contribution in [1.82, 2.24) is 0 Å². The number of aliphatic hydroxyl groups is 2. The Kier molecular flexibility index (Phi) is 7.13. The van der Waals surface area contributed by atoms with Gasteiger partial charge in [0.25, 0.3) is 0 Å². The third-order valence-electron chi connectivity index (χ3n) is 3.38. The van der Waals surface area contributed by atoms with E-state index in [2.05, 4.69) is 0 Å². The molecule has 0 spiro atoms. The Morgan fingerprint density at radius 1 is 1.08 bits per heavy atom. The molecule has 2 N–H and O–H groups in total. The highest BCUT2D eigenvalue weighted by molar-refractivity contribution is 6.06. The average molecular weight is 360 g/mol. The molecule has 0 radical (unpaired) electrons. The van der Waals surface area contributed by atoms with Crippen molar-refractivity contribution >= 4 is 23.4 Å². The van der Waals surface area contributed by atoms with Crippen LogP contribution in [0.5, 0.6) is 0 Å². The molecule has 2 aromatic rings. The number of allylic oxidation sites excluding steroid dienone is 2. The van der Waals surface area contributed by atoms with Gasteiger partial charge in [0.1, 0.15) is 36.3 Å². The molecule has 0 unspecified atom stereocenters. The van der Waals surface area contributed by atoms with Crippen molar-refractivity contribution in [1.29, 1.82) is 0 Å². The highest BCUT2D eigenvalue weighted by Gasteiger charge is 2.10. The van der Waals surface area contributed by atoms with Crippen molar-refractivity contribution in [2.75, 3.05) is 6.61 Å². The van der Waals surface area contributed by atoms with E-state index in [4.69, 9.17) is 23.8 Å². The molecular formula is C19H20O7. The number of hydrogen-bond acceptors (Lipinski definition) is 7. The van der Waals surface area contributed by atoms with E-state index in [0.717, 1.165) is 0 Å². The fourth-order valence-corrected chi connectivity index (χ4v) is 2.16. The van der Waals surface area contributed by atoms with Gasteiger partial charge in [-0.05, 0) is 42.5 Å². The van der Waals surface area contributed by atoms with Gasteiger partial charge in [-0.1, -0.05) is 0 Å². The Balaban J connectivity index is 2.13. The summed E-state index contributed by atoms with van der Waals surface area (Å²) in [5.74, 6) is 0.909. The number of ether oxygens (including phenoxy) is 1. The monoisotopic (exact) mass is 360 g/mol. The average Bonchev–Trinajstić information content (AvgIpc) is 3.27. The predicted molar refractivity (Wildman–Crippen MR) is 92.5 cm³/mol. The van der Waals surface area contributed by atoms with Crippen LogP contribution in [-0.4, -0.2) is 28.6 Å². The summed E-state index contributed by atoms with van der Waals surface area (Å²) in [4.78, 5) is 23.1. The van der Waals surface area contributed by atoms with Gasteiger partial charge in [-0.25, -0.2) is 0 Å². The summed E-state index contributed by atoms with van der Waals surface area (Å²) in [6.45, 7) is 0.938. The SMILES string of the molecule is CC(=O)OCC/C(=C\C(=O)/C=C/c1ccc(CO)o1)c1ccc(CO)o1. The predicted octanol–water partition coefficient (Wildman–Crippen LogP) is 2.48. The number of rotatable bonds is 9. The lowest BCUT2D eigenvalue weighted by atomic mass is 10.1. The number of aliphatic hydroxyl groups excluding tert-OH is 2. The van der Waals surface area contributed by atoms with E-state index in [-0.39, 0.29) is 32.0 Å². The van der Waals surface area contributed by atoms with E-state index >= 15 is 0 Å². The Bertz CT molecular complexity index is 807. The molecule has 0 fully saturated rings. The molecule has 0 atom stereocenters. The van der Waals surface area contributed by atoms with Crippen LogP contribution in [0.4, 0.5) is 0 Å². The lowest BCUT2D eigenvalue weighted by Crippen LogP contribution is -2.02. The zero-order valence-electron chi connectivity index (χ0n) is 14.3. The van der Waals surface area contributed by atoms with Gasteiger partial charge in [0.15, 0.2) is 5.78 Å². The molecule has 0 saturated carbocycles. The summed E-state index contributed by atoms with van der Waals surface area (Å²) in [5.41, 5.74) is 0.538. The van der Waals surface area contributed by atoms with Crippen LogP contribution < -0.4 is 0 Å². The Hall–Kier alpha value is -2.90. The second kappa shape index (κ2) is 9.55. The topological polar surface area (TPSA) is 110 Å². The first kappa shape index (κ1) is 19.4. The third-order valence-corrected chi connectivity index (χ3v) is 3.38. The van der Waals surface area contributed by atoms with Gasteiger partial charge in [0.05, 0.1) is 6.61 Å². The first-order chi connectivity index (χ1) is 12.5. The van der Waals surface area contributed by atoms with Gasteiger partial charge in [-0.2, -0.15) is 0 Å². The standard InChI is InChI=1S/C19H20O7/c1-13(22)24-9-8-14(19-7-6-18(12-21)26-19)10-15(23)2-3-16-4-5-17(11-20)25-16/h2-7,10,20-21H,8-9,11-12H2,1H3/b3-2+,14-10+. The molecule has 0 saturated heterocycles. The second-order valence-corrected chi connectivity index (χ2v) is 5.38. The van der Waals surface area contributed by atoms with E-state index in [0.29, 0.717) is 28.6 Å². The summed E-state index contributed by atoms with van der Waals surface area (Å²) < 4.78 is 15.6. The van der Waals surface area contributed by atoms with E-state index in [1.807, 2.05) is 0 Å². The smallest absolute Gasteiger partial charge is 0.302 e. The van der Waals surface area contributed by atoms with Gasteiger partial charge < -0.3 is 23.8 Å². The minimum atomic E-state index is -0.413. The molecule has 0 aliphatic carbocycles. The van der Waals surface area contributed by atoms with Crippen molar-refractivity contribution in [2.45, 2.75) is 26.6 Å². The zero-order valence-corrected chi connectivity index (χ0v) is 14.3. The van der Waals surface area contributed by atoms with E-state index in [1.54, 1.807) is 24.3 Å². The van der Waals surface area contributed by atoms with Gasteiger partial charge in [0.2, 0.25) is 0 Å². The lowest BCUT2D eigenvalue weighted by Gasteiger charge is -2.05. The zero-order chi connectivity index (χ0) is 18.9. The fraction of sp³-hybridized carbons (Fsp3) is 0.263. The highest BCUT2D eigenvalue weighted by Crippen LogP contribution is 2.22. The Morgan fingerprint density at radius 2 is 1.77 bits per heavy atom. The molecule has 2 aromatic heterocycles. The van der Waals surface area contributed by atoms with Gasteiger partial charge in [0, 0.05) is 18.9 Å². The molecule has 26 heavy (non-hydrogen) atoms. The van der Waals surface area contributed by atoms with Crippen LogP contribution in [0.2, 0.25) is 0 Å². The molecule has 2 rings (SSSR count). The number of hydrogen-bond donors (Lipinski definition) is 2. The maximum Gasteiger partial charge on any atom is 0.302 e. The Morgan fingerprint density at radius 3 is 2.38 bits per heavy atom. The normalized spacial score (nSPS) is 11.9. The van der Waals surface area contributed by atoms with Crippen molar-refractivity contribution in [3.8, 4) is 0 Å².